The highest BCUT2D eigenvalue weighted by Gasteiger charge is 2.76. The van der Waals surface area contributed by atoms with Crippen molar-refractivity contribution < 1.29 is 43.9 Å². The van der Waals surface area contributed by atoms with Gasteiger partial charge in [0.2, 0.25) is 0 Å². The van der Waals surface area contributed by atoms with Crippen LogP contribution in [0.15, 0.2) is 24.3 Å². The van der Waals surface area contributed by atoms with Gasteiger partial charge in [0, 0.05) is 0 Å². The van der Waals surface area contributed by atoms with E-state index in [9.17, 15) is 43.9 Å². The monoisotopic (exact) mass is 342 g/mol. The maximum Gasteiger partial charge on any atom is 0.489 e. The Hall–Kier alpha value is -1.88. The van der Waals surface area contributed by atoms with Crippen molar-refractivity contribution in [1.29, 1.82) is 0 Å². The summed E-state index contributed by atoms with van der Waals surface area (Å²) in [5, 5.41) is 0. The molecule has 0 bridgehead atoms. The summed E-state index contributed by atoms with van der Waals surface area (Å²) < 4.78 is 130. The van der Waals surface area contributed by atoms with E-state index in [2.05, 4.69) is 0 Å². The fourth-order valence-corrected chi connectivity index (χ4v) is 2.01. The van der Waals surface area contributed by atoms with E-state index in [0.717, 1.165) is 0 Å². The van der Waals surface area contributed by atoms with Crippen molar-refractivity contribution in [2.45, 2.75) is 24.7 Å². The average Bonchev–Trinajstić information content (AvgIpc) is 2.25. The molecule has 0 aromatic heterocycles. The van der Waals surface area contributed by atoms with Crippen molar-refractivity contribution in [3.05, 3.63) is 24.3 Å². The van der Waals surface area contributed by atoms with Gasteiger partial charge < -0.3 is 0 Å². The van der Waals surface area contributed by atoms with Gasteiger partial charge in [-0.15, -0.1) is 26.3 Å². The number of fused-ring (bicyclic) bond motifs is 1. The summed E-state index contributed by atoms with van der Waals surface area (Å²) in [6.07, 6.45) is -12.1. The van der Waals surface area contributed by atoms with Gasteiger partial charge in [0.25, 0.3) is 0 Å². The van der Waals surface area contributed by atoms with Crippen LogP contribution in [0.2, 0.25) is 0 Å². The molecule has 0 aliphatic carbocycles. The number of halogens is 10. The van der Waals surface area contributed by atoms with E-state index in [4.69, 9.17) is 0 Å². The fraction of sp³-hybridized carbons (Fsp3) is 0.400. The summed E-state index contributed by atoms with van der Waals surface area (Å²) in [5.41, 5.74) is -3.47. The van der Waals surface area contributed by atoms with Crippen molar-refractivity contribution in [3.63, 3.8) is 0 Å². The zero-order chi connectivity index (χ0) is 17.1. The van der Waals surface area contributed by atoms with Crippen molar-refractivity contribution in [3.8, 4) is 0 Å². The summed E-state index contributed by atoms with van der Waals surface area (Å²) in [4.78, 5) is -3.95. The summed E-state index contributed by atoms with van der Waals surface area (Å²) >= 11 is 0. The lowest BCUT2D eigenvalue weighted by molar-refractivity contribution is -0.291. The highest BCUT2D eigenvalue weighted by atomic mass is 19.4. The lowest BCUT2D eigenvalue weighted by Crippen LogP contribution is -2.71. The summed E-state index contributed by atoms with van der Waals surface area (Å²) in [6.45, 7) is 0. The Bertz CT molecular complexity index is 525. The standard InChI is InChI=1S/C10H4F10N2/c11-7(12)8(13,14)22(10(18,19)20)6-4-2-1-3-5(6)21(7)9(15,16)17/h1-4H. The van der Waals surface area contributed by atoms with Crippen LogP contribution in [-0.2, 0) is 0 Å². The maximum absolute atomic E-state index is 13.5. The highest BCUT2D eigenvalue weighted by Crippen LogP contribution is 2.57. The second-order valence-electron chi connectivity index (χ2n) is 4.18. The van der Waals surface area contributed by atoms with E-state index in [1.54, 1.807) is 0 Å². The van der Waals surface area contributed by atoms with Gasteiger partial charge in [0.05, 0.1) is 11.4 Å². The highest BCUT2D eigenvalue weighted by molar-refractivity contribution is 5.76. The number of benzene rings is 1. The molecule has 2 nitrogen and oxygen atoms in total. The molecule has 0 radical (unpaired) electrons. The van der Waals surface area contributed by atoms with Crippen LogP contribution in [-0.4, -0.2) is 24.7 Å². The quantitative estimate of drug-likeness (QED) is 0.505. The Morgan fingerprint density at radius 3 is 1.14 bits per heavy atom. The molecule has 2 rings (SSSR count). The molecule has 0 atom stereocenters. The van der Waals surface area contributed by atoms with Gasteiger partial charge in [-0.1, -0.05) is 12.1 Å². The number of alkyl halides is 10. The van der Waals surface area contributed by atoms with E-state index in [-0.39, 0.29) is 12.1 Å². The van der Waals surface area contributed by atoms with Gasteiger partial charge in [-0.3, -0.25) is 0 Å². The van der Waals surface area contributed by atoms with Gasteiger partial charge in [0.15, 0.2) is 0 Å². The van der Waals surface area contributed by atoms with Crippen LogP contribution in [0.5, 0.6) is 0 Å². The molecule has 0 saturated heterocycles. The first-order chi connectivity index (χ1) is 9.72. The summed E-state index contributed by atoms with van der Waals surface area (Å²) in [6, 6.07) is -10.4. The van der Waals surface area contributed by atoms with Gasteiger partial charge in [-0.05, 0) is 12.1 Å². The van der Waals surface area contributed by atoms with Crippen LogP contribution in [0.25, 0.3) is 0 Å². The van der Waals surface area contributed by atoms with Crippen LogP contribution in [0.1, 0.15) is 0 Å². The van der Waals surface area contributed by atoms with E-state index in [1.165, 1.54) is 0 Å². The minimum atomic E-state index is -6.17. The molecule has 1 aromatic carbocycles. The number of anilines is 2. The zero-order valence-corrected chi connectivity index (χ0v) is 9.98. The molecule has 0 saturated carbocycles. The van der Waals surface area contributed by atoms with Gasteiger partial charge in [0.1, 0.15) is 0 Å². The van der Waals surface area contributed by atoms with E-state index in [0.29, 0.717) is 12.1 Å². The van der Waals surface area contributed by atoms with Crippen LogP contribution in [0.3, 0.4) is 0 Å². The summed E-state index contributed by atoms with van der Waals surface area (Å²) in [5.74, 6) is 0. The molecule has 1 aliphatic rings. The second kappa shape index (κ2) is 4.32. The third-order valence-electron chi connectivity index (χ3n) is 2.79. The van der Waals surface area contributed by atoms with Crippen molar-refractivity contribution in [2.75, 3.05) is 9.80 Å². The van der Waals surface area contributed by atoms with Gasteiger partial charge in [-0.2, -0.15) is 17.6 Å². The molecule has 0 spiro atoms. The molecular formula is C10H4F10N2. The first-order valence-corrected chi connectivity index (χ1v) is 5.31. The molecule has 12 heteroatoms. The van der Waals surface area contributed by atoms with Crippen molar-refractivity contribution >= 4 is 11.4 Å². The predicted octanol–water partition coefficient (Wildman–Crippen LogP) is 4.54. The number of rotatable bonds is 0. The molecular weight excluding hydrogens is 338 g/mol. The molecule has 1 heterocycles. The number of nitrogens with zero attached hydrogens (tertiary/aromatic N) is 2. The maximum atomic E-state index is 13.5. The Kier molecular flexibility index (Phi) is 3.24. The Morgan fingerprint density at radius 1 is 0.636 bits per heavy atom. The lowest BCUT2D eigenvalue weighted by atomic mass is 10.1. The van der Waals surface area contributed by atoms with E-state index in [1.807, 2.05) is 0 Å². The number of hydrogen-bond donors (Lipinski definition) is 0. The zero-order valence-electron chi connectivity index (χ0n) is 9.98. The van der Waals surface area contributed by atoms with E-state index < -0.39 is 45.9 Å². The molecule has 124 valence electrons. The molecule has 0 fully saturated rings. The first-order valence-electron chi connectivity index (χ1n) is 5.31. The third kappa shape index (κ3) is 2.11. The molecule has 1 aromatic rings. The third-order valence-corrected chi connectivity index (χ3v) is 2.79. The average molecular weight is 342 g/mol. The number of para-hydroxylation sites is 2. The molecule has 22 heavy (non-hydrogen) atoms. The minimum absolute atomic E-state index is 0.241. The smallest absolute Gasteiger partial charge is 0.214 e. The van der Waals surface area contributed by atoms with Crippen LogP contribution in [0, 0.1) is 0 Å². The largest absolute Gasteiger partial charge is 0.489 e. The topological polar surface area (TPSA) is 6.48 Å². The Labute approximate surface area is 115 Å². The minimum Gasteiger partial charge on any atom is -0.214 e. The Balaban J connectivity index is 2.83. The van der Waals surface area contributed by atoms with Gasteiger partial charge >= 0.3 is 24.7 Å². The van der Waals surface area contributed by atoms with Gasteiger partial charge in [-0.25, -0.2) is 9.80 Å². The fourth-order valence-electron chi connectivity index (χ4n) is 2.01. The van der Waals surface area contributed by atoms with Crippen molar-refractivity contribution in [1.82, 2.24) is 0 Å². The van der Waals surface area contributed by atoms with E-state index >= 15 is 0 Å². The lowest BCUT2D eigenvalue weighted by Gasteiger charge is -2.48. The molecule has 0 N–H and O–H groups in total. The SMILES string of the molecule is FC(F)(F)N1c2ccccc2N(C(F)(F)F)C(F)(F)C1(F)F. The van der Waals surface area contributed by atoms with Crippen molar-refractivity contribution in [2.24, 2.45) is 0 Å². The number of hydrogen-bond acceptors (Lipinski definition) is 2. The van der Waals surface area contributed by atoms with Crippen LogP contribution < -0.4 is 9.80 Å². The van der Waals surface area contributed by atoms with Crippen LogP contribution >= 0.6 is 0 Å². The normalized spacial score (nSPS) is 20.8. The predicted molar refractivity (Wildman–Crippen MR) is 53.4 cm³/mol. The van der Waals surface area contributed by atoms with Crippen LogP contribution in [0.4, 0.5) is 55.3 Å². The first kappa shape index (κ1) is 16.5. The molecule has 0 unspecified atom stereocenters. The Morgan fingerprint density at radius 2 is 0.909 bits per heavy atom. The molecule has 0 amide bonds. The molecule has 1 aliphatic heterocycles. The second-order valence-corrected chi connectivity index (χ2v) is 4.18. The summed E-state index contributed by atoms with van der Waals surface area (Å²) in [7, 11) is 0.